The van der Waals surface area contributed by atoms with Crippen molar-refractivity contribution in [2.45, 2.75) is 149 Å². The number of carbonyl (C=O) groups excluding carboxylic acids is 10. The molecule has 0 spiro atoms. The van der Waals surface area contributed by atoms with Gasteiger partial charge >= 0.3 is 11.9 Å². The highest BCUT2D eigenvalue weighted by Crippen LogP contribution is 2.14. The van der Waals surface area contributed by atoms with Crippen molar-refractivity contribution in [3.63, 3.8) is 0 Å². The zero-order valence-corrected chi connectivity index (χ0v) is 41.9. The Hall–Kier alpha value is -6.89. The van der Waals surface area contributed by atoms with Crippen LogP contribution in [0.15, 0.2) is 24.3 Å². The maximum atomic E-state index is 13.9. The number of rotatable bonds is 30. The molecule has 10 atom stereocenters. The molecule has 0 radical (unpaired) electrons. The van der Waals surface area contributed by atoms with Gasteiger partial charge in [0, 0.05) is 18.4 Å². The lowest BCUT2D eigenvalue weighted by Gasteiger charge is -2.30. The van der Waals surface area contributed by atoms with Crippen LogP contribution in [0.25, 0.3) is 0 Å². The van der Waals surface area contributed by atoms with E-state index >= 15 is 0 Å². The second-order valence-corrected chi connectivity index (χ2v) is 18.3. The minimum absolute atomic E-state index is 0.0404. The minimum atomic E-state index is -1.87. The number of aliphatic hydroxyl groups excluding tert-OH is 1. The summed E-state index contributed by atoms with van der Waals surface area (Å²) < 4.78 is 0. The molecule has 1 aromatic carbocycles. The van der Waals surface area contributed by atoms with Crippen LogP contribution in [0, 0.1) is 17.8 Å². The Balaban J connectivity index is 3.15. The molecule has 1 aromatic rings. The molecule has 26 heteroatoms. The fraction of sp³-hybridized carbons (Fsp3) is 0.600. The second kappa shape index (κ2) is 30.0. The molecule has 0 aliphatic heterocycles. The molecule has 0 aliphatic rings. The predicted molar refractivity (Wildman–Crippen MR) is 254 cm³/mol. The van der Waals surface area contributed by atoms with Gasteiger partial charge in [-0.2, -0.15) is 0 Å². The van der Waals surface area contributed by atoms with Crippen molar-refractivity contribution in [1.82, 2.24) is 47.9 Å². The predicted octanol–water partition coefficient (Wildman–Crippen LogP) is -2.52. The first-order chi connectivity index (χ1) is 33.0. The lowest BCUT2D eigenvalue weighted by molar-refractivity contribution is -0.144. The number of amides is 10. The molecule has 25 nitrogen and oxygen atoms in total. The Morgan fingerprint density at radius 2 is 1.08 bits per heavy atom. The van der Waals surface area contributed by atoms with Crippen molar-refractivity contribution in [2.24, 2.45) is 23.5 Å². The molecule has 396 valence electrons. The van der Waals surface area contributed by atoms with Crippen LogP contribution in [0.2, 0.25) is 5.02 Å². The molecule has 0 saturated heterocycles. The van der Waals surface area contributed by atoms with Gasteiger partial charge in [0.1, 0.15) is 48.3 Å². The first-order valence-corrected chi connectivity index (χ1v) is 23.2. The highest BCUT2D eigenvalue weighted by Gasteiger charge is 2.37. The van der Waals surface area contributed by atoms with Crippen LogP contribution < -0.4 is 53.6 Å². The number of carboxylic acid groups (broad SMARTS) is 2. The van der Waals surface area contributed by atoms with Gasteiger partial charge in [0.2, 0.25) is 59.1 Å². The molecule has 10 amide bonds. The van der Waals surface area contributed by atoms with E-state index in [1.807, 2.05) is 0 Å². The van der Waals surface area contributed by atoms with Crippen LogP contribution in [-0.4, -0.2) is 147 Å². The Bertz CT molecular complexity index is 2090. The highest BCUT2D eigenvalue weighted by molar-refractivity contribution is 6.30. The fourth-order valence-corrected chi connectivity index (χ4v) is 6.78. The molecule has 0 fully saturated rings. The van der Waals surface area contributed by atoms with Gasteiger partial charge in [0.25, 0.3) is 0 Å². The van der Waals surface area contributed by atoms with Crippen LogP contribution >= 0.6 is 11.6 Å². The molecule has 0 heterocycles. The molecular weight excluding hydrogens is 956 g/mol. The van der Waals surface area contributed by atoms with Crippen molar-refractivity contribution in [3.05, 3.63) is 34.9 Å². The first-order valence-electron chi connectivity index (χ1n) is 22.8. The fourth-order valence-electron chi connectivity index (χ4n) is 6.66. The summed E-state index contributed by atoms with van der Waals surface area (Å²) in [7, 11) is 0. The van der Waals surface area contributed by atoms with E-state index in [1.54, 1.807) is 52.0 Å². The molecule has 71 heavy (non-hydrogen) atoms. The third-order valence-electron chi connectivity index (χ3n) is 10.7. The smallest absolute Gasteiger partial charge is 0.326 e. The third-order valence-corrected chi connectivity index (χ3v) is 11.0. The number of nitrogens with one attached hydrogen (secondary N) is 9. The van der Waals surface area contributed by atoms with Crippen molar-refractivity contribution in [3.8, 4) is 0 Å². The Labute approximate surface area is 416 Å². The summed E-state index contributed by atoms with van der Waals surface area (Å²) in [6, 6.07) is -5.51. The summed E-state index contributed by atoms with van der Waals surface area (Å²) in [4.78, 5) is 154. The topological polar surface area (TPSA) is 400 Å². The molecule has 14 N–H and O–H groups in total. The van der Waals surface area contributed by atoms with E-state index in [2.05, 4.69) is 47.9 Å². The Morgan fingerprint density at radius 1 is 0.592 bits per heavy atom. The summed E-state index contributed by atoms with van der Waals surface area (Å²) in [5.74, 6) is -14.2. The quantitative estimate of drug-likeness (QED) is 0.0378. The monoisotopic (exact) mass is 1020 g/mol. The highest BCUT2D eigenvalue weighted by atomic mass is 35.5. The number of aliphatic hydroxyl groups is 1. The van der Waals surface area contributed by atoms with Crippen LogP contribution in [-0.2, 0) is 64.0 Å². The van der Waals surface area contributed by atoms with Gasteiger partial charge < -0.3 is 68.9 Å². The van der Waals surface area contributed by atoms with Crippen molar-refractivity contribution in [1.29, 1.82) is 0 Å². The summed E-state index contributed by atoms with van der Waals surface area (Å²) >= 11 is 5.93. The van der Waals surface area contributed by atoms with Crippen molar-refractivity contribution < 1.29 is 72.9 Å². The largest absolute Gasteiger partial charge is 0.481 e. The zero-order valence-electron chi connectivity index (χ0n) is 41.2. The maximum absolute atomic E-state index is 13.9. The van der Waals surface area contributed by atoms with Gasteiger partial charge in [-0.05, 0) is 55.7 Å². The van der Waals surface area contributed by atoms with Crippen molar-refractivity contribution >= 4 is 82.6 Å². The first kappa shape index (κ1) is 62.1. The van der Waals surface area contributed by atoms with Crippen molar-refractivity contribution in [2.75, 3.05) is 6.54 Å². The molecule has 0 saturated carbocycles. The van der Waals surface area contributed by atoms with Crippen LogP contribution in [0.4, 0.5) is 0 Å². The molecule has 0 aromatic heterocycles. The van der Waals surface area contributed by atoms with Gasteiger partial charge in [0.15, 0.2) is 0 Å². The van der Waals surface area contributed by atoms with E-state index in [9.17, 15) is 72.9 Å². The zero-order chi connectivity index (χ0) is 54.4. The lowest BCUT2D eigenvalue weighted by atomic mass is 9.95. The summed E-state index contributed by atoms with van der Waals surface area (Å²) in [6.45, 7) is 12.6. The molecule has 0 aliphatic carbocycles. The number of hydrogen-bond acceptors (Lipinski definition) is 13. The number of carboxylic acids is 2. The average Bonchev–Trinajstić information content (AvgIpc) is 3.26. The van der Waals surface area contributed by atoms with E-state index in [-0.39, 0.29) is 25.2 Å². The Kier molecular flexibility index (Phi) is 26.2. The van der Waals surface area contributed by atoms with Gasteiger partial charge in [-0.15, -0.1) is 0 Å². The standard InChI is InChI=1S/C45H69ClN10O15/c1-10-22(6)36(43(68)52-29(17-32(47)59)40(65)51-30(18-34(61)62)41(66)53-31(45(70)71)15-20(2)3)56-42(67)35(21(4)5)55-44(69)37(24(8)57)54-33(60)19-48-38(63)23(7)49-39(64)28(50-25(9)58)16-26-11-13-27(46)14-12-26/h11-14,20-24,28-31,35-37,57H,10,15-19H2,1-9H3,(H2,47,59)(H,48,63)(H,49,64)(H,50,58)(H,51,65)(H,52,68)(H,53,66)(H,54,60)(H,55,69)(H,56,67)(H,61,62)(H,70,71)/t22-,23+,24-,28+,29+,30+,31+,35+,36+,37+/m1/s1. The number of carbonyl (C=O) groups is 12. The summed E-state index contributed by atoms with van der Waals surface area (Å²) in [6.07, 6.45) is -3.19. The molecular formula is C45H69ClN10O15. The number of halogens is 1. The SMILES string of the molecule is CC[C@@H](C)[C@H](NC(=O)[C@@H](NC(=O)[C@@H](NC(=O)CNC(=O)[C@H](C)NC(=O)[C@H](Cc1ccc(Cl)cc1)NC(C)=O)[C@@H](C)O)C(C)C)C(=O)N[C@@H](CC(N)=O)C(=O)N[C@@H](CC(=O)O)C(=O)N[C@@H](CC(C)C)C(=O)O. The third kappa shape index (κ3) is 22.6. The summed E-state index contributed by atoms with van der Waals surface area (Å²) in [5.41, 5.74) is 6.02. The molecule has 0 bridgehead atoms. The van der Waals surface area contributed by atoms with E-state index in [4.69, 9.17) is 17.3 Å². The summed E-state index contributed by atoms with van der Waals surface area (Å²) in [5, 5.41) is 51.1. The molecule has 1 rings (SSSR count). The van der Waals surface area contributed by atoms with Crippen LogP contribution in [0.5, 0.6) is 0 Å². The second-order valence-electron chi connectivity index (χ2n) is 17.8. The van der Waals surface area contributed by atoms with E-state index in [0.29, 0.717) is 10.6 Å². The Morgan fingerprint density at radius 3 is 1.56 bits per heavy atom. The number of nitrogens with two attached hydrogens (primary N) is 1. The average molecular weight is 1030 g/mol. The number of benzene rings is 1. The maximum Gasteiger partial charge on any atom is 0.326 e. The minimum Gasteiger partial charge on any atom is -0.481 e. The van der Waals surface area contributed by atoms with E-state index < -0.39 is 157 Å². The van der Waals surface area contributed by atoms with Gasteiger partial charge in [0.05, 0.1) is 25.5 Å². The number of aliphatic carboxylic acids is 2. The molecule has 0 unspecified atom stereocenters. The van der Waals surface area contributed by atoms with Crippen LogP contribution in [0.1, 0.15) is 93.6 Å². The van der Waals surface area contributed by atoms with Gasteiger partial charge in [-0.3, -0.25) is 52.7 Å². The lowest BCUT2D eigenvalue weighted by Crippen LogP contribution is -2.62. The van der Waals surface area contributed by atoms with E-state index in [1.165, 1.54) is 34.6 Å². The van der Waals surface area contributed by atoms with Gasteiger partial charge in [-0.1, -0.05) is 71.7 Å². The number of hydrogen-bond donors (Lipinski definition) is 13. The normalized spacial score (nSPS) is 15.3. The number of primary amides is 1. The van der Waals surface area contributed by atoms with Crippen LogP contribution in [0.3, 0.4) is 0 Å². The van der Waals surface area contributed by atoms with E-state index in [0.717, 1.165) is 0 Å². The van der Waals surface area contributed by atoms with Gasteiger partial charge in [-0.25, -0.2) is 4.79 Å².